The van der Waals surface area contributed by atoms with Crippen LogP contribution >= 0.6 is 0 Å². The van der Waals surface area contributed by atoms with E-state index >= 15 is 0 Å². The molecule has 19 heteroatoms. The minimum absolute atomic E-state index is 0.0416. The maximum Gasteiger partial charge on any atom is 0.309 e. The molecule has 19 nitrogen and oxygen atoms in total. The largest absolute Gasteiger partial charge is 0.462 e. The van der Waals surface area contributed by atoms with Crippen LogP contribution in [0, 0.1) is 11.8 Å². The highest BCUT2D eigenvalue weighted by atomic mass is 16.7. The fraction of sp³-hybridized carbons (Fsp3) is 0.844. The summed E-state index contributed by atoms with van der Waals surface area (Å²) in [5.41, 5.74) is -1.52. The summed E-state index contributed by atoms with van der Waals surface area (Å²) in [6.07, 6.45) is -10.1. The van der Waals surface area contributed by atoms with E-state index in [1.807, 2.05) is 6.92 Å². The minimum Gasteiger partial charge on any atom is -0.462 e. The van der Waals surface area contributed by atoms with Crippen molar-refractivity contribution in [2.24, 2.45) is 11.8 Å². The van der Waals surface area contributed by atoms with Gasteiger partial charge in [0, 0.05) is 46.1 Å². The number of hydrogen-bond acceptors (Lipinski definition) is 19. The van der Waals surface area contributed by atoms with Crippen molar-refractivity contribution < 1.29 is 81.9 Å². The molecule has 0 aromatic rings. The highest BCUT2D eigenvalue weighted by molar-refractivity contribution is 5.73. The number of aldehydes is 1. The van der Waals surface area contributed by atoms with Gasteiger partial charge in [-0.3, -0.25) is 19.2 Å². The van der Waals surface area contributed by atoms with E-state index in [1.54, 1.807) is 84.8 Å². The molecule has 3 rings (SSSR count). The van der Waals surface area contributed by atoms with E-state index in [2.05, 4.69) is 0 Å². The van der Waals surface area contributed by atoms with Gasteiger partial charge < -0.3 is 72.5 Å². The number of rotatable bonds is 14. The van der Waals surface area contributed by atoms with Gasteiger partial charge in [0.25, 0.3) is 0 Å². The Morgan fingerprint density at radius 3 is 2.06 bits per heavy atom. The first-order valence-corrected chi connectivity index (χ1v) is 22.4. The summed E-state index contributed by atoms with van der Waals surface area (Å²) in [7, 11) is 8.35. The maximum atomic E-state index is 13.7. The number of nitrogens with zero attached hydrogens (tertiary/aromatic N) is 2. The van der Waals surface area contributed by atoms with Gasteiger partial charge in [-0.2, -0.15) is 0 Å². The van der Waals surface area contributed by atoms with Crippen LogP contribution in [0.3, 0.4) is 0 Å². The van der Waals surface area contributed by atoms with Crippen molar-refractivity contribution in [1.29, 1.82) is 0 Å². The van der Waals surface area contributed by atoms with E-state index in [0.29, 0.717) is 6.29 Å². The summed E-state index contributed by atoms with van der Waals surface area (Å²) in [5.74, 6) is -3.75. The number of aliphatic hydroxyl groups excluding tert-OH is 2. The molecule has 0 unspecified atom stereocenters. The lowest BCUT2D eigenvalue weighted by Gasteiger charge is -2.50. The van der Waals surface area contributed by atoms with Crippen molar-refractivity contribution in [3.05, 3.63) is 12.2 Å². The SMILES string of the molecule is CCC(=O)O[C@@H]1CC(=O)O[C@H](C)C[C@H](O)[C@H](N(C)C)/C=C/[C@H](OC(C)=O)[C@H](C)C[C@H](CC=O)[C@H](O[C@@H]2O[C@H](C)[C@@H](O[C@H]3C[C@@](C)(O)[C@@H](OC(=O)CC)[C@H](C)O3)[C@H](N(C)C)[C@H]2O)[C@H]1OC. The zero-order valence-corrected chi connectivity index (χ0v) is 39.9. The Morgan fingerprint density at radius 1 is 0.875 bits per heavy atom. The van der Waals surface area contributed by atoms with Crippen LogP contribution in [0.25, 0.3) is 0 Å². The predicted octanol–water partition coefficient (Wildman–Crippen LogP) is 2.07. The number of hydrogen-bond donors (Lipinski definition) is 3. The highest BCUT2D eigenvalue weighted by Gasteiger charge is 2.53. The molecule has 3 aliphatic rings. The number of cyclic esters (lactones) is 1. The van der Waals surface area contributed by atoms with Crippen LogP contribution in [-0.2, 0) is 66.6 Å². The van der Waals surface area contributed by atoms with E-state index in [1.165, 1.54) is 21.0 Å². The molecule has 3 aliphatic heterocycles. The molecule has 3 heterocycles. The smallest absolute Gasteiger partial charge is 0.309 e. The van der Waals surface area contributed by atoms with Gasteiger partial charge in [-0.25, -0.2) is 0 Å². The van der Waals surface area contributed by atoms with Gasteiger partial charge in [-0.05, 0) is 80.2 Å². The molecule has 3 N–H and O–H groups in total. The van der Waals surface area contributed by atoms with Crippen molar-refractivity contribution in [2.75, 3.05) is 35.3 Å². The van der Waals surface area contributed by atoms with Gasteiger partial charge in [-0.15, -0.1) is 0 Å². The third-order valence-electron chi connectivity index (χ3n) is 12.2. The van der Waals surface area contributed by atoms with Crippen LogP contribution < -0.4 is 0 Å². The topological polar surface area (TPSA) is 236 Å². The van der Waals surface area contributed by atoms with Crippen molar-refractivity contribution in [3.8, 4) is 0 Å². The molecule has 64 heavy (non-hydrogen) atoms. The molecule has 18 atom stereocenters. The first kappa shape index (κ1) is 55.2. The maximum absolute atomic E-state index is 13.7. The Kier molecular flexibility index (Phi) is 21.7. The zero-order valence-electron chi connectivity index (χ0n) is 39.9. The molecular weight excluding hydrogens is 840 g/mol. The third kappa shape index (κ3) is 15.2. The van der Waals surface area contributed by atoms with Gasteiger partial charge in [-0.1, -0.05) is 26.8 Å². The second-order valence-corrected chi connectivity index (χ2v) is 18.1. The molecule has 2 saturated heterocycles. The van der Waals surface area contributed by atoms with E-state index in [4.69, 9.17) is 42.6 Å². The van der Waals surface area contributed by atoms with Crippen molar-refractivity contribution in [1.82, 2.24) is 9.80 Å². The van der Waals surface area contributed by atoms with Crippen LogP contribution in [0.1, 0.15) is 100 Å². The summed E-state index contributed by atoms with van der Waals surface area (Å²) >= 11 is 0. The second kappa shape index (κ2) is 25.1. The molecule has 368 valence electrons. The summed E-state index contributed by atoms with van der Waals surface area (Å²) in [6, 6.07) is -1.40. The normalized spacial score (nSPS) is 40.0. The molecule has 0 aromatic carbocycles. The van der Waals surface area contributed by atoms with Crippen LogP contribution in [0.2, 0.25) is 0 Å². The molecule has 0 aromatic heterocycles. The van der Waals surface area contributed by atoms with E-state index in [9.17, 15) is 39.3 Å². The van der Waals surface area contributed by atoms with Crippen LogP contribution in [0.15, 0.2) is 12.2 Å². The molecule has 0 aliphatic carbocycles. The molecule has 0 amide bonds. The van der Waals surface area contributed by atoms with Crippen molar-refractivity contribution in [2.45, 2.75) is 198 Å². The molecule has 2 fully saturated rings. The molecule has 0 spiro atoms. The lowest BCUT2D eigenvalue weighted by atomic mass is 9.82. The number of aliphatic hydroxyl groups is 3. The summed E-state index contributed by atoms with van der Waals surface area (Å²) in [4.78, 5) is 67.4. The Bertz CT molecular complexity index is 1540. The summed E-state index contributed by atoms with van der Waals surface area (Å²) in [5, 5.41) is 34.9. The Balaban J connectivity index is 2.12. The number of esters is 4. The van der Waals surface area contributed by atoms with Gasteiger partial charge in [0.1, 0.15) is 48.5 Å². The standard InChI is InChI=1S/C45H76N2O17/c1-14-34(51)61-33-22-36(53)57-25(4)21-31(50)30(46(9)10)16-17-32(60-28(7)49)24(3)20-29(18-19-48)41(42(33)56-13)64-44-39(54)38(47(11)12)40(26(5)59-44)63-37-23-45(8,55)43(27(6)58-37)62-35(52)15-2/h16-17,19,24-27,29-33,37-44,50,54-55H,14-15,18,20-23H2,1-13H3/b17-16+/t24-,25-,26-,27+,29+,30-,31+,32+,33-,37+,38-,39-,40-,41+,42+,43+,44+,45-/m1/s1. The average Bonchev–Trinajstić information content (AvgIpc) is 3.18. The van der Waals surface area contributed by atoms with Crippen LogP contribution in [0.4, 0.5) is 0 Å². The first-order valence-electron chi connectivity index (χ1n) is 22.4. The molecule has 0 bridgehead atoms. The Labute approximate surface area is 378 Å². The van der Waals surface area contributed by atoms with E-state index in [0.717, 1.165) is 0 Å². The highest BCUT2D eigenvalue weighted by Crippen LogP contribution is 2.38. The fourth-order valence-corrected chi connectivity index (χ4v) is 8.98. The molecule has 0 radical (unpaired) electrons. The number of methoxy groups -OCH3 is 1. The van der Waals surface area contributed by atoms with Crippen molar-refractivity contribution in [3.63, 3.8) is 0 Å². The Morgan fingerprint density at radius 2 is 1.52 bits per heavy atom. The summed E-state index contributed by atoms with van der Waals surface area (Å²) < 4.78 is 54.8. The number of carbonyl (C=O) groups excluding carboxylic acids is 5. The molecular formula is C45H76N2O17. The number of carbonyl (C=O) groups is 5. The average molecular weight is 917 g/mol. The van der Waals surface area contributed by atoms with Crippen LogP contribution in [0.5, 0.6) is 0 Å². The van der Waals surface area contributed by atoms with Crippen LogP contribution in [-0.4, -0.2) is 188 Å². The predicted molar refractivity (Wildman–Crippen MR) is 229 cm³/mol. The fourth-order valence-electron chi connectivity index (χ4n) is 8.98. The molecule has 0 saturated carbocycles. The zero-order chi connectivity index (χ0) is 48.2. The van der Waals surface area contributed by atoms with Gasteiger partial charge >= 0.3 is 23.9 Å². The van der Waals surface area contributed by atoms with Gasteiger partial charge in [0.2, 0.25) is 0 Å². The first-order chi connectivity index (χ1) is 30.0. The Hall–Kier alpha value is -3.11. The number of ether oxygens (including phenoxy) is 9. The quantitative estimate of drug-likeness (QED) is 0.0979. The third-order valence-corrected chi connectivity index (χ3v) is 12.2. The lowest BCUT2D eigenvalue weighted by molar-refractivity contribution is -0.344. The second-order valence-electron chi connectivity index (χ2n) is 18.1. The van der Waals surface area contributed by atoms with Gasteiger partial charge in [0.15, 0.2) is 18.7 Å². The van der Waals surface area contributed by atoms with E-state index in [-0.39, 0.29) is 38.5 Å². The minimum atomic E-state index is -1.52. The lowest BCUT2D eigenvalue weighted by Crippen LogP contribution is -2.66. The monoisotopic (exact) mass is 917 g/mol. The van der Waals surface area contributed by atoms with Crippen molar-refractivity contribution >= 4 is 30.2 Å². The van der Waals surface area contributed by atoms with Gasteiger partial charge in [0.05, 0.1) is 42.9 Å². The van der Waals surface area contributed by atoms with E-state index < -0.39 is 140 Å². The number of likely N-dealkylation sites (N-methyl/N-ethyl adjacent to an activating group) is 2. The summed E-state index contributed by atoms with van der Waals surface area (Å²) in [6.45, 7) is 12.9.